The molecule has 2 aromatic rings. The molecule has 23 heavy (non-hydrogen) atoms. The lowest BCUT2D eigenvalue weighted by atomic mass is 10.1. The van der Waals surface area contributed by atoms with Gasteiger partial charge in [0.2, 0.25) is 0 Å². The van der Waals surface area contributed by atoms with Crippen LogP contribution in [0, 0.1) is 6.92 Å². The fourth-order valence-corrected chi connectivity index (χ4v) is 2.42. The molecule has 2 N–H and O–H groups in total. The van der Waals surface area contributed by atoms with E-state index < -0.39 is 0 Å². The zero-order chi connectivity index (χ0) is 16.1. The Bertz CT molecular complexity index is 687. The van der Waals surface area contributed by atoms with E-state index in [1.54, 1.807) is 0 Å². The van der Waals surface area contributed by atoms with Gasteiger partial charge in [0.25, 0.3) is 0 Å². The van der Waals surface area contributed by atoms with Gasteiger partial charge in [0.05, 0.1) is 6.54 Å². The topological polar surface area (TPSA) is 59.6 Å². The van der Waals surface area contributed by atoms with Gasteiger partial charge >= 0.3 is 6.03 Å². The Labute approximate surface area is 135 Å². The molecular weight excluding hydrogens is 292 g/mol. The van der Waals surface area contributed by atoms with Crippen LogP contribution in [0.3, 0.4) is 0 Å². The summed E-state index contributed by atoms with van der Waals surface area (Å²) in [4.78, 5) is 11.9. The molecule has 1 aliphatic heterocycles. The Kier molecular flexibility index (Phi) is 4.66. The molecule has 0 radical (unpaired) electrons. The molecule has 0 saturated carbocycles. The van der Waals surface area contributed by atoms with E-state index in [-0.39, 0.29) is 12.1 Å². The SMILES string of the molecule is Cc1ccccc1CNC(=O)NC[C@@H]1COc2ccccc2O1. The number of fused-ring (bicyclic) bond motifs is 1. The van der Waals surface area contributed by atoms with Crippen molar-refractivity contribution >= 4 is 6.03 Å². The smallest absolute Gasteiger partial charge is 0.315 e. The molecule has 0 fully saturated rings. The van der Waals surface area contributed by atoms with Crippen molar-refractivity contribution in [1.29, 1.82) is 0 Å². The molecule has 1 atom stereocenters. The standard InChI is InChI=1S/C18H20N2O3/c1-13-6-2-3-7-14(13)10-19-18(21)20-11-15-12-22-16-8-4-5-9-17(16)23-15/h2-9,15H,10-12H2,1H3,(H2,19,20,21)/t15-/m1/s1. The van der Waals surface area contributed by atoms with Crippen LogP contribution in [0.4, 0.5) is 4.79 Å². The summed E-state index contributed by atoms with van der Waals surface area (Å²) in [6, 6.07) is 15.3. The van der Waals surface area contributed by atoms with E-state index in [9.17, 15) is 4.79 Å². The van der Waals surface area contributed by atoms with Crippen LogP contribution < -0.4 is 20.1 Å². The van der Waals surface area contributed by atoms with Gasteiger partial charge in [0.1, 0.15) is 6.61 Å². The summed E-state index contributed by atoms with van der Waals surface area (Å²) in [5, 5.41) is 5.67. The first-order chi connectivity index (χ1) is 11.2. The van der Waals surface area contributed by atoms with Crippen molar-refractivity contribution in [2.24, 2.45) is 0 Å². The Balaban J connectivity index is 1.44. The predicted molar refractivity (Wildman–Crippen MR) is 87.8 cm³/mol. The van der Waals surface area contributed by atoms with Crippen molar-refractivity contribution in [3.63, 3.8) is 0 Å². The molecule has 3 rings (SSSR count). The molecule has 1 heterocycles. The fourth-order valence-electron chi connectivity index (χ4n) is 2.42. The molecular formula is C18H20N2O3. The largest absolute Gasteiger partial charge is 0.486 e. The second-order valence-corrected chi connectivity index (χ2v) is 5.49. The first-order valence-corrected chi connectivity index (χ1v) is 7.67. The van der Waals surface area contributed by atoms with Gasteiger partial charge in [-0.25, -0.2) is 4.79 Å². The van der Waals surface area contributed by atoms with Crippen molar-refractivity contribution in [2.75, 3.05) is 13.2 Å². The predicted octanol–water partition coefficient (Wildman–Crippen LogP) is 2.63. The number of hydrogen-bond acceptors (Lipinski definition) is 3. The number of urea groups is 1. The van der Waals surface area contributed by atoms with Crippen molar-refractivity contribution in [2.45, 2.75) is 19.6 Å². The van der Waals surface area contributed by atoms with Crippen LogP contribution in [0.1, 0.15) is 11.1 Å². The number of aryl methyl sites for hydroxylation is 1. The number of hydrogen-bond donors (Lipinski definition) is 2. The number of amides is 2. The summed E-state index contributed by atoms with van der Waals surface area (Å²) < 4.78 is 11.4. The van der Waals surface area contributed by atoms with Gasteiger partial charge in [-0.05, 0) is 30.2 Å². The van der Waals surface area contributed by atoms with Crippen LogP contribution in [-0.4, -0.2) is 25.3 Å². The van der Waals surface area contributed by atoms with Gasteiger partial charge in [-0.1, -0.05) is 36.4 Å². The Morgan fingerprint density at radius 2 is 1.83 bits per heavy atom. The molecule has 2 aromatic carbocycles. The first-order valence-electron chi connectivity index (χ1n) is 7.67. The van der Waals surface area contributed by atoms with E-state index >= 15 is 0 Å². The van der Waals surface area contributed by atoms with Crippen LogP contribution in [0.25, 0.3) is 0 Å². The van der Waals surface area contributed by atoms with Gasteiger partial charge in [-0.3, -0.25) is 0 Å². The number of carbonyl (C=O) groups is 1. The summed E-state index contributed by atoms with van der Waals surface area (Å²) >= 11 is 0. The monoisotopic (exact) mass is 312 g/mol. The van der Waals surface area contributed by atoms with Gasteiger partial charge in [-0.2, -0.15) is 0 Å². The number of carbonyl (C=O) groups excluding carboxylic acids is 1. The van der Waals surface area contributed by atoms with E-state index in [0.717, 1.165) is 16.9 Å². The second kappa shape index (κ2) is 7.05. The molecule has 120 valence electrons. The van der Waals surface area contributed by atoms with E-state index in [4.69, 9.17) is 9.47 Å². The Morgan fingerprint density at radius 3 is 2.65 bits per heavy atom. The van der Waals surface area contributed by atoms with Crippen molar-refractivity contribution in [3.8, 4) is 11.5 Å². The Hall–Kier alpha value is -2.69. The van der Waals surface area contributed by atoms with Crippen molar-refractivity contribution < 1.29 is 14.3 Å². The number of para-hydroxylation sites is 2. The molecule has 0 unspecified atom stereocenters. The maximum absolute atomic E-state index is 11.9. The van der Waals surface area contributed by atoms with Gasteiger partial charge in [0.15, 0.2) is 17.6 Å². The minimum Gasteiger partial charge on any atom is -0.486 e. The highest BCUT2D eigenvalue weighted by Crippen LogP contribution is 2.30. The number of rotatable bonds is 4. The lowest BCUT2D eigenvalue weighted by molar-refractivity contribution is 0.0918. The number of benzene rings is 2. The van der Waals surface area contributed by atoms with Crippen LogP contribution in [0.5, 0.6) is 11.5 Å². The minimum atomic E-state index is -0.212. The second-order valence-electron chi connectivity index (χ2n) is 5.49. The summed E-state index contributed by atoms with van der Waals surface area (Å²) in [6.45, 7) is 3.35. The van der Waals surface area contributed by atoms with Crippen LogP contribution in [0.2, 0.25) is 0 Å². The maximum Gasteiger partial charge on any atom is 0.315 e. The molecule has 5 heteroatoms. The average Bonchev–Trinajstić information content (AvgIpc) is 2.59. The average molecular weight is 312 g/mol. The summed E-state index contributed by atoms with van der Waals surface area (Å²) in [5.41, 5.74) is 2.27. The highest BCUT2D eigenvalue weighted by molar-refractivity contribution is 5.73. The quantitative estimate of drug-likeness (QED) is 0.912. The molecule has 2 amide bonds. The van der Waals surface area contributed by atoms with Gasteiger partial charge in [-0.15, -0.1) is 0 Å². The highest BCUT2D eigenvalue weighted by Gasteiger charge is 2.20. The van der Waals surface area contributed by atoms with Gasteiger partial charge < -0.3 is 20.1 Å². The molecule has 0 spiro atoms. The molecule has 0 aliphatic carbocycles. The van der Waals surface area contributed by atoms with Crippen LogP contribution in [0.15, 0.2) is 48.5 Å². The zero-order valence-electron chi connectivity index (χ0n) is 13.0. The van der Waals surface area contributed by atoms with Crippen LogP contribution in [-0.2, 0) is 6.54 Å². The molecule has 1 aliphatic rings. The fraction of sp³-hybridized carbons (Fsp3) is 0.278. The third kappa shape index (κ3) is 3.94. The number of nitrogens with one attached hydrogen (secondary N) is 2. The zero-order valence-corrected chi connectivity index (χ0v) is 13.0. The van der Waals surface area contributed by atoms with Crippen molar-refractivity contribution in [3.05, 3.63) is 59.7 Å². The Morgan fingerprint density at radius 1 is 1.09 bits per heavy atom. The van der Waals surface area contributed by atoms with E-state index in [2.05, 4.69) is 10.6 Å². The third-order valence-electron chi connectivity index (χ3n) is 3.76. The third-order valence-corrected chi connectivity index (χ3v) is 3.76. The van der Waals surface area contributed by atoms with E-state index in [1.165, 1.54) is 0 Å². The van der Waals surface area contributed by atoms with E-state index in [0.29, 0.717) is 25.4 Å². The minimum absolute atomic E-state index is 0.186. The first kappa shape index (κ1) is 15.2. The molecule has 5 nitrogen and oxygen atoms in total. The normalized spacial score (nSPS) is 15.8. The lowest BCUT2D eigenvalue weighted by Crippen LogP contribution is -2.44. The molecule has 0 saturated heterocycles. The molecule has 0 aromatic heterocycles. The highest BCUT2D eigenvalue weighted by atomic mass is 16.6. The van der Waals surface area contributed by atoms with Crippen molar-refractivity contribution in [1.82, 2.24) is 10.6 Å². The number of ether oxygens (including phenoxy) is 2. The lowest BCUT2D eigenvalue weighted by Gasteiger charge is -2.26. The summed E-state index contributed by atoms with van der Waals surface area (Å²) in [7, 11) is 0. The summed E-state index contributed by atoms with van der Waals surface area (Å²) in [5.74, 6) is 1.46. The van der Waals surface area contributed by atoms with Crippen LogP contribution >= 0.6 is 0 Å². The van der Waals surface area contributed by atoms with E-state index in [1.807, 2.05) is 55.5 Å². The maximum atomic E-state index is 11.9. The van der Waals surface area contributed by atoms with Gasteiger partial charge in [0, 0.05) is 6.54 Å². The summed E-state index contributed by atoms with van der Waals surface area (Å²) in [6.07, 6.45) is -0.186. The molecule has 0 bridgehead atoms.